The molecular weight excluding hydrogens is 263 g/mol. The Bertz CT molecular complexity index is 362. The zero-order valence-corrected chi connectivity index (χ0v) is 12.9. The number of carbonyl (C=O) groups excluding carboxylic acids is 2. The SMILES string of the molecule is CC[C@H](C)[C@H](NC(=O)OC(C)(C)C)C(=O)N1CC(F)C1. The molecule has 2 atom stereocenters. The standard InChI is InChI=1S/C14H25FN2O3/c1-6-9(2)11(12(18)17-7-10(15)8-17)16-13(19)20-14(3,4)5/h9-11H,6-8H2,1-5H3,(H,16,19)/t9-,11-/m0/s1. The van der Waals surface area contributed by atoms with Crippen LogP contribution >= 0.6 is 0 Å². The summed E-state index contributed by atoms with van der Waals surface area (Å²) in [4.78, 5) is 25.5. The molecule has 0 aromatic heterocycles. The van der Waals surface area contributed by atoms with E-state index in [9.17, 15) is 14.0 Å². The maximum atomic E-state index is 12.9. The van der Waals surface area contributed by atoms with Crippen LogP contribution in [0.15, 0.2) is 0 Å². The first-order chi connectivity index (χ1) is 9.14. The normalized spacial score (nSPS) is 19.0. The third-order valence-corrected chi connectivity index (χ3v) is 3.30. The highest BCUT2D eigenvalue weighted by atomic mass is 19.1. The summed E-state index contributed by atoms with van der Waals surface area (Å²) in [6.07, 6.45) is -0.828. The first-order valence-corrected chi connectivity index (χ1v) is 7.06. The van der Waals surface area contributed by atoms with E-state index in [-0.39, 0.29) is 24.9 Å². The molecule has 0 spiro atoms. The van der Waals surface area contributed by atoms with Gasteiger partial charge in [0.05, 0.1) is 13.1 Å². The van der Waals surface area contributed by atoms with Gasteiger partial charge in [-0.05, 0) is 26.7 Å². The van der Waals surface area contributed by atoms with Crippen molar-refractivity contribution in [3.05, 3.63) is 0 Å². The molecule has 1 rings (SSSR count). The molecule has 0 saturated carbocycles. The highest BCUT2D eigenvalue weighted by Gasteiger charge is 2.37. The quantitative estimate of drug-likeness (QED) is 0.862. The fourth-order valence-electron chi connectivity index (χ4n) is 1.92. The van der Waals surface area contributed by atoms with Crippen LogP contribution in [0.2, 0.25) is 0 Å². The summed E-state index contributed by atoms with van der Waals surface area (Å²) in [5, 5.41) is 2.61. The number of nitrogens with one attached hydrogen (secondary N) is 1. The third-order valence-electron chi connectivity index (χ3n) is 3.30. The number of alkyl halides is 1. The summed E-state index contributed by atoms with van der Waals surface area (Å²) in [5.74, 6) is -0.271. The van der Waals surface area contributed by atoms with Crippen LogP contribution in [0.25, 0.3) is 0 Å². The number of likely N-dealkylation sites (tertiary alicyclic amines) is 1. The van der Waals surface area contributed by atoms with Gasteiger partial charge in [-0.3, -0.25) is 4.79 Å². The number of rotatable bonds is 4. The van der Waals surface area contributed by atoms with E-state index in [0.29, 0.717) is 0 Å². The summed E-state index contributed by atoms with van der Waals surface area (Å²) < 4.78 is 18.0. The van der Waals surface area contributed by atoms with Crippen LogP contribution < -0.4 is 5.32 Å². The van der Waals surface area contributed by atoms with Crippen molar-refractivity contribution >= 4 is 12.0 Å². The van der Waals surface area contributed by atoms with Crippen LogP contribution in [0.4, 0.5) is 9.18 Å². The lowest BCUT2D eigenvalue weighted by molar-refractivity contribution is -0.141. The molecule has 6 heteroatoms. The Morgan fingerprint density at radius 3 is 2.35 bits per heavy atom. The van der Waals surface area contributed by atoms with Gasteiger partial charge in [0.2, 0.25) is 5.91 Å². The predicted octanol–water partition coefficient (Wildman–Crippen LogP) is 2.11. The molecule has 20 heavy (non-hydrogen) atoms. The van der Waals surface area contributed by atoms with Crippen molar-refractivity contribution in [2.45, 2.75) is 58.9 Å². The first kappa shape index (κ1) is 16.7. The van der Waals surface area contributed by atoms with Crippen molar-refractivity contribution in [3.63, 3.8) is 0 Å². The third kappa shape index (κ3) is 4.65. The van der Waals surface area contributed by atoms with E-state index in [1.165, 1.54) is 4.90 Å². The minimum atomic E-state index is -0.946. The maximum Gasteiger partial charge on any atom is 0.408 e. The number of halogens is 1. The molecule has 1 aliphatic heterocycles. The van der Waals surface area contributed by atoms with Gasteiger partial charge in [-0.2, -0.15) is 0 Å². The molecule has 1 heterocycles. The Hall–Kier alpha value is -1.33. The van der Waals surface area contributed by atoms with Gasteiger partial charge in [0.25, 0.3) is 0 Å². The van der Waals surface area contributed by atoms with Gasteiger partial charge in [-0.15, -0.1) is 0 Å². The molecule has 1 N–H and O–H groups in total. The molecule has 0 aromatic carbocycles. The minimum Gasteiger partial charge on any atom is -0.444 e. The van der Waals surface area contributed by atoms with Gasteiger partial charge in [0.15, 0.2) is 0 Å². The van der Waals surface area contributed by atoms with E-state index < -0.39 is 23.9 Å². The number of nitrogens with zero attached hydrogens (tertiary/aromatic N) is 1. The summed E-state index contributed by atoms with van der Waals surface area (Å²) in [6.45, 7) is 9.33. The topological polar surface area (TPSA) is 58.6 Å². The first-order valence-electron chi connectivity index (χ1n) is 7.06. The number of carbonyl (C=O) groups is 2. The van der Waals surface area contributed by atoms with Crippen LogP contribution in [0.5, 0.6) is 0 Å². The summed E-state index contributed by atoms with van der Waals surface area (Å²) in [6, 6.07) is -0.664. The molecule has 0 radical (unpaired) electrons. The van der Waals surface area contributed by atoms with Gasteiger partial charge in [0, 0.05) is 0 Å². The predicted molar refractivity (Wildman–Crippen MR) is 74.1 cm³/mol. The number of amides is 2. The molecule has 116 valence electrons. The van der Waals surface area contributed by atoms with Crippen molar-refractivity contribution in [1.82, 2.24) is 10.2 Å². The van der Waals surface area contributed by atoms with Crippen molar-refractivity contribution in [2.75, 3.05) is 13.1 Å². The van der Waals surface area contributed by atoms with Crippen LogP contribution in [-0.4, -0.2) is 47.8 Å². The molecule has 0 aromatic rings. The van der Waals surface area contributed by atoms with Crippen molar-refractivity contribution in [3.8, 4) is 0 Å². The number of ether oxygens (including phenoxy) is 1. The highest BCUT2D eigenvalue weighted by Crippen LogP contribution is 2.18. The van der Waals surface area contributed by atoms with Crippen LogP contribution in [0.3, 0.4) is 0 Å². The Morgan fingerprint density at radius 2 is 1.95 bits per heavy atom. The molecule has 0 aliphatic carbocycles. The smallest absolute Gasteiger partial charge is 0.408 e. The zero-order chi connectivity index (χ0) is 15.5. The summed E-state index contributed by atoms with van der Waals surface area (Å²) in [7, 11) is 0. The zero-order valence-electron chi connectivity index (χ0n) is 12.9. The van der Waals surface area contributed by atoms with Crippen LogP contribution in [0, 0.1) is 5.92 Å². The van der Waals surface area contributed by atoms with E-state index in [0.717, 1.165) is 6.42 Å². The molecule has 1 fully saturated rings. The van der Waals surface area contributed by atoms with E-state index in [1.807, 2.05) is 13.8 Å². The maximum absolute atomic E-state index is 12.9. The second-order valence-corrected chi connectivity index (χ2v) is 6.35. The minimum absolute atomic E-state index is 0.0336. The van der Waals surface area contributed by atoms with Crippen molar-refractivity contribution < 1.29 is 18.7 Å². The summed E-state index contributed by atoms with van der Waals surface area (Å²) >= 11 is 0. The monoisotopic (exact) mass is 288 g/mol. The van der Waals surface area contributed by atoms with E-state index in [4.69, 9.17) is 4.74 Å². The van der Waals surface area contributed by atoms with Gasteiger partial charge in [-0.25, -0.2) is 9.18 Å². The summed E-state index contributed by atoms with van der Waals surface area (Å²) in [5.41, 5.74) is -0.617. The van der Waals surface area contributed by atoms with Gasteiger partial charge in [-0.1, -0.05) is 20.3 Å². The van der Waals surface area contributed by atoms with Crippen LogP contribution in [0.1, 0.15) is 41.0 Å². The fraction of sp³-hybridized carbons (Fsp3) is 0.857. The Morgan fingerprint density at radius 1 is 1.40 bits per heavy atom. The van der Waals surface area contributed by atoms with E-state index in [2.05, 4.69) is 5.32 Å². The Labute approximate surface area is 119 Å². The van der Waals surface area contributed by atoms with Gasteiger partial charge in [0.1, 0.15) is 17.8 Å². The number of hydrogen-bond acceptors (Lipinski definition) is 3. The fourth-order valence-corrected chi connectivity index (χ4v) is 1.92. The average Bonchev–Trinajstić information content (AvgIpc) is 2.28. The molecule has 5 nitrogen and oxygen atoms in total. The Kier molecular flexibility index (Phi) is 5.36. The highest BCUT2D eigenvalue weighted by molar-refractivity contribution is 5.86. The lowest BCUT2D eigenvalue weighted by atomic mass is 9.96. The van der Waals surface area contributed by atoms with Gasteiger partial charge >= 0.3 is 6.09 Å². The molecular formula is C14H25FN2O3. The lowest BCUT2D eigenvalue weighted by Crippen LogP contribution is -2.59. The molecule has 1 saturated heterocycles. The molecule has 1 aliphatic rings. The Balaban J connectivity index is 2.65. The molecule has 0 unspecified atom stereocenters. The van der Waals surface area contributed by atoms with E-state index in [1.54, 1.807) is 20.8 Å². The van der Waals surface area contributed by atoms with Crippen molar-refractivity contribution in [2.24, 2.45) is 5.92 Å². The largest absolute Gasteiger partial charge is 0.444 e. The second-order valence-electron chi connectivity index (χ2n) is 6.35. The second kappa shape index (κ2) is 6.41. The number of hydrogen-bond donors (Lipinski definition) is 1. The average molecular weight is 288 g/mol. The number of alkyl carbamates (subject to hydrolysis) is 1. The molecule has 2 amide bonds. The van der Waals surface area contributed by atoms with E-state index >= 15 is 0 Å². The molecule has 0 bridgehead atoms. The van der Waals surface area contributed by atoms with Gasteiger partial charge < -0.3 is 15.0 Å². The van der Waals surface area contributed by atoms with Crippen molar-refractivity contribution in [1.29, 1.82) is 0 Å². The van der Waals surface area contributed by atoms with Crippen LogP contribution in [-0.2, 0) is 9.53 Å². The lowest BCUT2D eigenvalue weighted by Gasteiger charge is -2.38.